The fourth-order valence-corrected chi connectivity index (χ4v) is 1.95. The van der Waals surface area contributed by atoms with Crippen LogP contribution in [0.4, 0.5) is 5.69 Å². The predicted molar refractivity (Wildman–Crippen MR) is 74.6 cm³/mol. The molecule has 1 heterocycles. The molecular formula is C15H12N2O4. The number of amides is 1. The number of benzene rings is 1. The number of carbonyl (C=O) groups is 3. The number of nitrogens with zero attached hydrogens (tertiary/aromatic N) is 1. The van der Waals surface area contributed by atoms with Gasteiger partial charge in [-0.2, -0.15) is 5.26 Å². The molecule has 0 spiro atoms. The minimum absolute atomic E-state index is 0.00945. The van der Waals surface area contributed by atoms with Crippen molar-refractivity contribution in [1.82, 2.24) is 0 Å². The second-order valence-electron chi connectivity index (χ2n) is 4.52. The average Bonchev–Trinajstić information content (AvgIpc) is 2.78. The zero-order chi connectivity index (χ0) is 15.6. The van der Waals surface area contributed by atoms with Crippen LogP contribution in [0.2, 0.25) is 0 Å². The summed E-state index contributed by atoms with van der Waals surface area (Å²) in [6.07, 6.45) is 0. The molecule has 0 radical (unpaired) electrons. The Bertz CT molecular complexity index is 783. The van der Waals surface area contributed by atoms with Crippen LogP contribution >= 0.6 is 0 Å². The van der Waals surface area contributed by atoms with Crippen molar-refractivity contribution < 1.29 is 18.8 Å². The van der Waals surface area contributed by atoms with Gasteiger partial charge in [0.1, 0.15) is 5.58 Å². The number of hydrogen-bond donors (Lipinski definition) is 1. The summed E-state index contributed by atoms with van der Waals surface area (Å²) in [6.45, 7) is 2.47. The van der Waals surface area contributed by atoms with E-state index in [0.29, 0.717) is 11.0 Å². The third kappa shape index (κ3) is 2.67. The molecule has 1 amide bonds. The number of fused-ring (bicyclic) bond motifs is 1. The van der Waals surface area contributed by atoms with E-state index in [1.54, 1.807) is 30.3 Å². The number of rotatable bonds is 4. The Balaban J connectivity index is 2.48. The number of nitriles is 1. The maximum Gasteiger partial charge on any atom is 0.249 e. The second kappa shape index (κ2) is 5.59. The number of carbonyl (C=O) groups excluding carboxylic acids is 3. The molecule has 0 saturated heterocycles. The quantitative estimate of drug-likeness (QED) is 0.685. The number of para-hydroxylation sites is 1. The summed E-state index contributed by atoms with van der Waals surface area (Å²) in [5, 5.41) is 11.9. The fourth-order valence-electron chi connectivity index (χ4n) is 1.95. The van der Waals surface area contributed by atoms with Gasteiger partial charge >= 0.3 is 0 Å². The van der Waals surface area contributed by atoms with E-state index in [4.69, 9.17) is 9.68 Å². The maximum absolute atomic E-state index is 12.0. The molecule has 6 heteroatoms. The van der Waals surface area contributed by atoms with Gasteiger partial charge in [-0.15, -0.1) is 0 Å². The van der Waals surface area contributed by atoms with Crippen molar-refractivity contribution in [3.05, 3.63) is 30.0 Å². The van der Waals surface area contributed by atoms with E-state index in [1.807, 2.05) is 0 Å². The molecule has 1 N–H and O–H groups in total. The van der Waals surface area contributed by atoms with E-state index >= 15 is 0 Å². The van der Waals surface area contributed by atoms with E-state index in [0.717, 1.165) is 6.92 Å². The molecule has 2 rings (SSSR count). The number of anilines is 1. The first-order valence-corrected chi connectivity index (χ1v) is 6.19. The van der Waals surface area contributed by atoms with Crippen molar-refractivity contribution in [2.75, 3.05) is 5.32 Å². The molecule has 0 aliphatic rings. The van der Waals surface area contributed by atoms with E-state index < -0.39 is 17.6 Å². The molecule has 0 fully saturated rings. The summed E-state index contributed by atoms with van der Waals surface area (Å²) < 4.78 is 5.40. The van der Waals surface area contributed by atoms with Crippen molar-refractivity contribution >= 4 is 34.1 Å². The zero-order valence-corrected chi connectivity index (χ0v) is 11.5. The number of nitrogens with one attached hydrogen (secondary N) is 1. The number of furan rings is 1. The first kappa shape index (κ1) is 14.5. The summed E-state index contributed by atoms with van der Waals surface area (Å²) in [6, 6.07) is 8.42. The molecule has 1 atom stereocenters. The summed E-state index contributed by atoms with van der Waals surface area (Å²) in [4.78, 5) is 34.9. The highest BCUT2D eigenvalue weighted by Crippen LogP contribution is 2.31. The van der Waals surface area contributed by atoms with Crippen molar-refractivity contribution in [3.8, 4) is 6.07 Å². The van der Waals surface area contributed by atoms with Crippen LogP contribution < -0.4 is 5.32 Å². The second-order valence-corrected chi connectivity index (χ2v) is 4.52. The Hall–Kier alpha value is -2.94. The molecule has 0 aliphatic heterocycles. The van der Waals surface area contributed by atoms with Crippen LogP contribution in [0.1, 0.15) is 24.4 Å². The van der Waals surface area contributed by atoms with Gasteiger partial charge in [0.15, 0.2) is 23.2 Å². The summed E-state index contributed by atoms with van der Waals surface area (Å²) in [5.41, 5.74) is 0.624. The standard InChI is InChI=1S/C15H12N2O4/c1-8(18)11(7-16)15(20)17-13-10-5-3-4-6-12(10)21-14(13)9(2)19/h3-6,11H,1-2H3,(H,17,20). The molecule has 1 aromatic heterocycles. The van der Waals surface area contributed by atoms with Gasteiger partial charge in [0, 0.05) is 12.3 Å². The molecule has 6 nitrogen and oxygen atoms in total. The van der Waals surface area contributed by atoms with Crippen LogP contribution in [0.15, 0.2) is 28.7 Å². The van der Waals surface area contributed by atoms with Crippen LogP contribution in [-0.4, -0.2) is 17.5 Å². The summed E-state index contributed by atoms with van der Waals surface area (Å²) >= 11 is 0. The first-order chi connectivity index (χ1) is 9.95. The van der Waals surface area contributed by atoms with Gasteiger partial charge in [-0.1, -0.05) is 12.1 Å². The van der Waals surface area contributed by atoms with Crippen LogP contribution in [0.25, 0.3) is 11.0 Å². The van der Waals surface area contributed by atoms with E-state index in [-0.39, 0.29) is 17.2 Å². The number of Topliss-reactive ketones (excluding diaryl/α,β-unsaturated/α-hetero) is 2. The Morgan fingerprint density at radius 1 is 1.24 bits per heavy atom. The van der Waals surface area contributed by atoms with E-state index in [2.05, 4.69) is 5.32 Å². The van der Waals surface area contributed by atoms with Gasteiger partial charge in [0.2, 0.25) is 5.91 Å². The van der Waals surface area contributed by atoms with Gasteiger partial charge in [0.25, 0.3) is 0 Å². The van der Waals surface area contributed by atoms with Crippen molar-refractivity contribution in [2.45, 2.75) is 13.8 Å². The molecular weight excluding hydrogens is 272 g/mol. The lowest BCUT2D eigenvalue weighted by molar-refractivity contribution is -0.127. The maximum atomic E-state index is 12.0. The molecule has 106 valence electrons. The largest absolute Gasteiger partial charge is 0.451 e. The molecule has 1 unspecified atom stereocenters. The lowest BCUT2D eigenvalue weighted by Gasteiger charge is -2.07. The Morgan fingerprint density at radius 2 is 1.90 bits per heavy atom. The Morgan fingerprint density at radius 3 is 2.48 bits per heavy atom. The minimum Gasteiger partial charge on any atom is -0.451 e. The predicted octanol–water partition coefficient (Wildman–Crippen LogP) is 2.30. The SMILES string of the molecule is CC(=O)c1oc2ccccc2c1NC(=O)C(C#N)C(C)=O. The van der Waals surface area contributed by atoms with Crippen LogP contribution in [0, 0.1) is 17.2 Å². The summed E-state index contributed by atoms with van der Waals surface area (Å²) in [5.74, 6) is -3.13. The third-order valence-corrected chi connectivity index (χ3v) is 2.96. The number of hydrogen-bond acceptors (Lipinski definition) is 5. The molecule has 2 aromatic rings. The average molecular weight is 284 g/mol. The van der Waals surface area contributed by atoms with Gasteiger partial charge < -0.3 is 9.73 Å². The van der Waals surface area contributed by atoms with E-state index in [9.17, 15) is 14.4 Å². The van der Waals surface area contributed by atoms with Crippen molar-refractivity contribution in [1.29, 1.82) is 5.26 Å². The highest BCUT2D eigenvalue weighted by Gasteiger charge is 2.26. The van der Waals surface area contributed by atoms with Gasteiger partial charge in [-0.05, 0) is 19.1 Å². The highest BCUT2D eigenvalue weighted by molar-refractivity contribution is 6.15. The highest BCUT2D eigenvalue weighted by atomic mass is 16.3. The Labute approximate surface area is 120 Å². The van der Waals surface area contributed by atoms with Gasteiger partial charge in [-0.25, -0.2) is 0 Å². The summed E-state index contributed by atoms with van der Waals surface area (Å²) in [7, 11) is 0. The van der Waals surface area contributed by atoms with Crippen LogP contribution in [0.5, 0.6) is 0 Å². The van der Waals surface area contributed by atoms with Gasteiger partial charge in [0.05, 0.1) is 11.8 Å². The monoisotopic (exact) mass is 284 g/mol. The van der Waals surface area contributed by atoms with Crippen molar-refractivity contribution in [2.24, 2.45) is 5.92 Å². The molecule has 0 saturated carbocycles. The molecule has 0 aliphatic carbocycles. The lowest BCUT2D eigenvalue weighted by Crippen LogP contribution is -2.27. The molecule has 1 aromatic carbocycles. The first-order valence-electron chi connectivity index (χ1n) is 6.19. The van der Waals surface area contributed by atoms with Crippen LogP contribution in [0.3, 0.4) is 0 Å². The van der Waals surface area contributed by atoms with Crippen molar-refractivity contribution in [3.63, 3.8) is 0 Å². The topological polar surface area (TPSA) is 100 Å². The van der Waals surface area contributed by atoms with Crippen LogP contribution in [-0.2, 0) is 9.59 Å². The zero-order valence-electron chi connectivity index (χ0n) is 11.5. The molecule has 21 heavy (non-hydrogen) atoms. The normalized spacial score (nSPS) is 11.7. The Kier molecular flexibility index (Phi) is 3.85. The molecule has 0 bridgehead atoms. The number of ketones is 2. The lowest BCUT2D eigenvalue weighted by atomic mass is 10.1. The third-order valence-electron chi connectivity index (χ3n) is 2.96. The van der Waals surface area contributed by atoms with E-state index in [1.165, 1.54) is 6.92 Å². The minimum atomic E-state index is -1.42. The fraction of sp³-hybridized carbons (Fsp3) is 0.200. The smallest absolute Gasteiger partial charge is 0.249 e. The van der Waals surface area contributed by atoms with Gasteiger partial charge in [-0.3, -0.25) is 14.4 Å².